The molecular formula is C13H19N3O2. The zero-order valence-corrected chi connectivity index (χ0v) is 10.5. The van der Waals surface area contributed by atoms with Crippen molar-refractivity contribution in [3.8, 4) is 0 Å². The van der Waals surface area contributed by atoms with E-state index in [1.165, 1.54) is 0 Å². The van der Waals surface area contributed by atoms with E-state index in [1.54, 1.807) is 19.1 Å². The van der Waals surface area contributed by atoms with Crippen LogP contribution in [0.5, 0.6) is 0 Å². The van der Waals surface area contributed by atoms with Crippen LogP contribution in [0, 0.1) is 0 Å². The van der Waals surface area contributed by atoms with E-state index in [1.807, 2.05) is 12.1 Å². The minimum Gasteiger partial charge on any atom is -0.370 e. The lowest BCUT2D eigenvalue weighted by atomic mass is 10.0. The fourth-order valence-corrected chi connectivity index (χ4v) is 1.77. The predicted molar refractivity (Wildman–Crippen MR) is 69.9 cm³/mol. The first kappa shape index (κ1) is 14.2. The second-order valence-corrected chi connectivity index (χ2v) is 4.24. The highest BCUT2D eigenvalue weighted by atomic mass is 16.2. The molecule has 5 heteroatoms. The molecule has 5 N–H and O–H groups in total. The van der Waals surface area contributed by atoms with Crippen LogP contribution in [0.1, 0.15) is 29.3 Å². The number of amides is 2. The zero-order chi connectivity index (χ0) is 13.5. The summed E-state index contributed by atoms with van der Waals surface area (Å²) >= 11 is 0. The van der Waals surface area contributed by atoms with Gasteiger partial charge in [0.25, 0.3) is 5.91 Å². The Labute approximate surface area is 107 Å². The Hall–Kier alpha value is -1.88. The summed E-state index contributed by atoms with van der Waals surface area (Å²) in [6, 6.07) is 7.01. The van der Waals surface area contributed by atoms with Gasteiger partial charge in [0.2, 0.25) is 5.91 Å². The van der Waals surface area contributed by atoms with Gasteiger partial charge in [0.1, 0.15) is 0 Å². The lowest BCUT2D eigenvalue weighted by Crippen LogP contribution is -2.36. The van der Waals surface area contributed by atoms with E-state index in [4.69, 9.17) is 11.5 Å². The molecule has 0 bridgehead atoms. The van der Waals surface area contributed by atoms with Gasteiger partial charge in [-0.2, -0.15) is 0 Å². The van der Waals surface area contributed by atoms with E-state index >= 15 is 0 Å². The van der Waals surface area contributed by atoms with Gasteiger partial charge in [-0.25, -0.2) is 0 Å². The lowest BCUT2D eigenvalue weighted by Gasteiger charge is -2.14. The largest absolute Gasteiger partial charge is 0.370 e. The number of carbonyl (C=O) groups is 2. The average Bonchev–Trinajstić information content (AvgIpc) is 2.28. The Bertz CT molecular complexity index is 432. The molecule has 0 aliphatic carbocycles. The smallest absolute Gasteiger partial charge is 0.251 e. The maximum Gasteiger partial charge on any atom is 0.251 e. The van der Waals surface area contributed by atoms with Crippen molar-refractivity contribution in [2.75, 3.05) is 6.54 Å². The van der Waals surface area contributed by atoms with Crippen molar-refractivity contribution < 1.29 is 9.59 Å². The molecule has 0 aliphatic rings. The van der Waals surface area contributed by atoms with Crippen molar-refractivity contribution >= 4 is 11.8 Å². The van der Waals surface area contributed by atoms with Crippen LogP contribution in [0.25, 0.3) is 0 Å². The molecule has 1 aromatic carbocycles. The highest BCUT2D eigenvalue weighted by Gasteiger charge is 2.14. The molecule has 0 aliphatic heterocycles. The van der Waals surface area contributed by atoms with Gasteiger partial charge in [-0.15, -0.1) is 0 Å². The van der Waals surface area contributed by atoms with Gasteiger partial charge in [-0.3, -0.25) is 9.59 Å². The standard InChI is InChI=1S/C13H19N3O2/c1-9(8-12(15)17)16-13(18)11-5-3-2-4-10(11)6-7-14/h2-5,9H,6-8,14H2,1H3,(H2,15,17)(H,16,18). The van der Waals surface area contributed by atoms with E-state index in [0.717, 1.165) is 5.56 Å². The van der Waals surface area contributed by atoms with Gasteiger partial charge in [-0.05, 0) is 31.5 Å². The molecule has 0 spiro atoms. The highest BCUT2D eigenvalue weighted by molar-refractivity contribution is 5.96. The monoisotopic (exact) mass is 249 g/mol. The van der Waals surface area contributed by atoms with Gasteiger partial charge in [0.05, 0.1) is 0 Å². The Morgan fingerprint density at radius 3 is 2.61 bits per heavy atom. The van der Waals surface area contributed by atoms with Crippen molar-refractivity contribution in [2.24, 2.45) is 11.5 Å². The molecule has 2 amide bonds. The topological polar surface area (TPSA) is 98.2 Å². The number of hydrogen-bond acceptors (Lipinski definition) is 3. The Morgan fingerprint density at radius 1 is 1.33 bits per heavy atom. The number of primary amides is 1. The summed E-state index contributed by atoms with van der Waals surface area (Å²) in [5.41, 5.74) is 12.1. The third-order valence-corrected chi connectivity index (χ3v) is 2.56. The molecule has 18 heavy (non-hydrogen) atoms. The van der Waals surface area contributed by atoms with Crippen LogP contribution in [-0.4, -0.2) is 24.4 Å². The van der Waals surface area contributed by atoms with Crippen molar-refractivity contribution in [1.29, 1.82) is 0 Å². The zero-order valence-electron chi connectivity index (χ0n) is 10.5. The van der Waals surface area contributed by atoms with Crippen molar-refractivity contribution in [2.45, 2.75) is 25.8 Å². The van der Waals surface area contributed by atoms with Crippen LogP contribution >= 0.6 is 0 Å². The molecule has 0 heterocycles. The van der Waals surface area contributed by atoms with Crippen molar-refractivity contribution in [3.05, 3.63) is 35.4 Å². The molecule has 0 saturated carbocycles. The van der Waals surface area contributed by atoms with Gasteiger partial charge in [-0.1, -0.05) is 18.2 Å². The normalized spacial score (nSPS) is 11.9. The summed E-state index contributed by atoms with van der Waals surface area (Å²) in [5.74, 6) is -0.633. The molecule has 0 fully saturated rings. The third-order valence-electron chi connectivity index (χ3n) is 2.56. The summed E-state index contributed by atoms with van der Waals surface area (Å²) < 4.78 is 0. The highest BCUT2D eigenvalue weighted by Crippen LogP contribution is 2.09. The quantitative estimate of drug-likeness (QED) is 0.670. The SMILES string of the molecule is CC(CC(N)=O)NC(=O)c1ccccc1CCN. The second kappa shape index (κ2) is 6.76. The molecule has 1 aromatic rings. The number of benzene rings is 1. The van der Waals surface area contributed by atoms with E-state index < -0.39 is 5.91 Å². The summed E-state index contributed by atoms with van der Waals surface area (Å²) in [4.78, 5) is 22.8. The van der Waals surface area contributed by atoms with Crippen LogP contribution in [0.4, 0.5) is 0 Å². The van der Waals surface area contributed by atoms with Gasteiger partial charge in [0.15, 0.2) is 0 Å². The van der Waals surface area contributed by atoms with E-state index in [2.05, 4.69) is 5.32 Å². The molecule has 5 nitrogen and oxygen atoms in total. The number of nitrogens with two attached hydrogens (primary N) is 2. The van der Waals surface area contributed by atoms with Gasteiger partial charge in [0, 0.05) is 18.0 Å². The third kappa shape index (κ3) is 4.18. The molecule has 1 unspecified atom stereocenters. The van der Waals surface area contributed by atoms with E-state index in [9.17, 15) is 9.59 Å². The van der Waals surface area contributed by atoms with Crippen LogP contribution in [0.2, 0.25) is 0 Å². The number of nitrogens with one attached hydrogen (secondary N) is 1. The number of carbonyl (C=O) groups excluding carboxylic acids is 2. The summed E-state index contributed by atoms with van der Waals surface area (Å²) in [7, 11) is 0. The molecule has 0 radical (unpaired) electrons. The van der Waals surface area contributed by atoms with Crippen LogP contribution in [0.15, 0.2) is 24.3 Å². The number of rotatable bonds is 6. The summed E-state index contributed by atoms with van der Waals surface area (Å²) in [6.45, 7) is 2.23. The Balaban J connectivity index is 2.74. The minimum absolute atomic E-state index is 0.130. The van der Waals surface area contributed by atoms with Crippen LogP contribution in [0.3, 0.4) is 0 Å². The lowest BCUT2D eigenvalue weighted by molar-refractivity contribution is -0.118. The molecule has 0 aromatic heterocycles. The number of hydrogen-bond donors (Lipinski definition) is 3. The first-order valence-electron chi connectivity index (χ1n) is 5.91. The minimum atomic E-state index is -0.432. The van der Waals surface area contributed by atoms with E-state index in [0.29, 0.717) is 18.5 Å². The predicted octanol–water partition coefficient (Wildman–Crippen LogP) is 0.182. The molecule has 1 rings (SSSR count). The van der Waals surface area contributed by atoms with Crippen LogP contribution in [-0.2, 0) is 11.2 Å². The van der Waals surface area contributed by atoms with Crippen LogP contribution < -0.4 is 16.8 Å². The first-order valence-corrected chi connectivity index (χ1v) is 5.91. The first-order chi connectivity index (χ1) is 8.54. The fourth-order valence-electron chi connectivity index (χ4n) is 1.77. The molecular weight excluding hydrogens is 230 g/mol. The maximum absolute atomic E-state index is 12.0. The van der Waals surface area contributed by atoms with Crippen molar-refractivity contribution in [3.63, 3.8) is 0 Å². The van der Waals surface area contributed by atoms with Gasteiger partial charge >= 0.3 is 0 Å². The second-order valence-electron chi connectivity index (χ2n) is 4.24. The van der Waals surface area contributed by atoms with Crippen molar-refractivity contribution in [1.82, 2.24) is 5.32 Å². The van der Waals surface area contributed by atoms with E-state index in [-0.39, 0.29) is 18.4 Å². The molecule has 0 saturated heterocycles. The summed E-state index contributed by atoms with van der Waals surface area (Å²) in [6.07, 6.45) is 0.776. The average molecular weight is 249 g/mol. The Kier molecular flexibility index (Phi) is 5.32. The summed E-state index contributed by atoms with van der Waals surface area (Å²) in [5, 5.41) is 2.75. The molecule has 1 atom stereocenters. The fraction of sp³-hybridized carbons (Fsp3) is 0.385. The van der Waals surface area contributed by atoms with Gasteiger partial charge < -0.3 is 16.8 Å². The maximum atomic E-state index is 12.0. The Morgan fingerprint density at radius 2 is 2.00 bits per heavy atom. The molecule has 98 valence electrons.